The zero-order valence-corrected chi connectivity index (χ0v) is 31.3. The third-order valence-corrected chi connectivity index (χ3v) is 11.2. The maximum absolute atomic E-state index is 4.41. The van der Waals surface area contributed by atoms with Crippen LogP contribution in [-0.2, 0) is 5.41 Å². The van der Waals surface area contributed by atoms with Gasteiger partial charge >= 0.3 is 0 Å². The molecule has 0 fully saturated rings. The van der Waals surface area contributed by atoms with Gasteiger partial charge < -0.3 is 9.47 Å². The summed E-state index contributed by atoms with van der Waals surface area (Å²) in [5.74, 6) is 0. The highest BCUT2D eigenvalue weighted by Crippen LogP contribution is 2.51. The molecule has 2 aromatic heterocycles. The molecule has 0 saturated carbocycles. The molecular formula is C51H43N3. The van der Waals surface area contributed by atoms with E-state index in [1.54, 1.807) is 0 Å². The maximum Gasteiger partial charge on any atom is 0.0571 e. The summed E-state index contributed by atoms with van der Waals surface area (Å²) in [6.07, 6.45) is 9.53. The fourth-order valence-corrected chi connectivity index (χ4v) is 8.59. The first-order valence-corrected chi connectivity index (χ1v) is 19.0. The van der Waals surface area contributed by atoms with Crippen molar-refractivity contribution in [3.63, 3.8) is 0 Å². The van der Waals surface area contributed by atoms with E-state index in [9.17, 15) is 0 Å². The van der Waals surface area contributed by atoms with E-state index in [0.29, 0.717) is 0 Å². The van der Waals surface area contributed by atoms with Gasteiger partial charge in [0, 0.05) is 51.3 Å². The number of hydrogen-bond acceptors (Lipinski definition) is 2. The lowest BCUT2D eigenvalue weighted by molar-refractivity contribution is 0.659. The standard InChI is InChI=1S/C51H43N3/c1-5-12-43-45-33-42(29-30-48(45)51(3,4)47(43)6-2)53(39-23-17-36(18-24-39)35-13-8-7-9-14-35)40-25-19-37(20-26-40)38-21-27-41(28-22-38)54-49-16-11-10-15-44(49)46-34-52-32-31-50(46)54/h6-34H,5H2,1-4H3/b43-12-,47-6+. The van der Waals surface area contributed by atoms with Gasteiger partial charge in [-0.1, -0.05) is 124 Å². The molecule has 0 unspecified atom stereocenters. The van der Waals surface area contributed by atoms with Crippen LogP contribution in [0.15, 0.2) is 182 Å². The topological polar surface area (TPSA) is 21.1 Å². The molecular weight excluding hydrogens is 655 g/mol. The van der Waals surface area contributed by atoms with Crippen molar-refractivity contribution in [2.45, 2.75) is 39.5 Å². The van der Waals surface area contributed by atoms with E-state index in [1.165, 1.54) is 60.8 Å². The van der Waals surface area contributed by atoms with Gasteiger partial charge in [-0.15, -0.1) is 0 Å². The zero-order valence-electron chi connectivity index (χ0n) is 31.3. The number of rotatable bonds is 7. The van der Waals surface area contributed by atoms with Gasteiger partial charge in [0.05, 0.1) is 11.0 Å². The summed E-state index contributed by atoms with van der Waals surface area (Å²) in [5, 5.41) is 2.38. The lowest BCUT2D eigenvalue weighted by atomic mass is 9.82. The van der Waals surface area contributed by atoms with Crippen molar-refractivity contribution >= 4 is 44.4 Å². The summed E-state index contributed by atoms with van der Waals surface area (Å²) >= 11 is 0. The summed E-state index contributed by atoms with van der Waals surface area (Å²) in [7, 11) is 0. The van der Waals surface area contributed by atoms with E-state index in [2.05, 4.69) is 206 Å². The molecule has 0 spiro atoms. The van der Waals surface area contributed by atoms with Crippen LogP contribution in [0.2, 0.25) is 0 Å². The smallest absolute Gasteiger partial charge is 0.0571 e. The van der Waals surface area contributed by atoms with Crippen LogP contribution in [0.25, 0.3) is 55.3 Å². The largest absolute Gasteiger partial charge is 0.310 e. The second-order valence-electron chi connectivity index (χ2n) is 14.7. The average Bonchev–Trinajstić information content (AvgIpc) is 3.66. The van der Waals surface area contributed by atoms with Gasteiger partial charge in [0.1, 0.15) is 0 Å². The zero-order chi connectivity index (χ0) is 36.8. The van der Waals surface area contributed by atoms with Crippen molar-refractivity contribution < 1.29 is 0 Å². The Morgan fingerprint density at radius 1 is 0.611 bits per heavy atom. The number of pyridine rings is 1. The number of nitrogens with zero attached hydrogens (tertiary/aromatic N) is 3. The fourth-order valence-electron chi connectivity index (χ4n) is 8.59. The SMILES string of the molecule is C/C=C1\C(=C/CC)c2cc(N(c3ccc(-c4ccccc4)cc3)c3ccc(-c4ccc(-n5c6ccccc6c6cnccc65)cc4)cc3)ccc2C1(C)C. The van der Waals surface area contributed by atoms with Gasteiger partial charge in [0.25, 0.3) is 0 Å². The van der Waals surface area contributed by atoms with Crippen molar-refractivity contribution in [2.24, 2.45) is 0 Å². The third-order valence-electron chi connectivity index (χ3n) is 11.2. The van der Waals surface area contributed by atoms with Crippen molar-refractivity contribution in [1.29, 1.82) is 0 Å². The molecule has 0 aliphatic heterocycles. The van der Waals surface area contributed by atoms with Gasteiger partial charge in [0.15, 0.2) is 0 Å². The third kappa shape index (κ3) is 5.56. The van der Waals surface area contributed by atoms with E-state index in [-0.39, 0.29) is 5.41 Å². The summed E-state index contributed by atoms with van der Waals surface area (Å²) in [5.41, 5.74) is 17.1. The Labute approximate surface area is 318 Å². The molecule has 0 atom stereocenters. The highest BCUT2D eigenvalue weighted by atomic mass is 15.1. The monoisotopic (exact) mass is 697 g/mol. The Morgan fingerprint density at radius 2 is 1.19 bits per heavy atom. The first kappa shape index (κ1) is 33.4. The first-order chi connectivity index (χ1) is 26.5. The lowest BCUT2D eigenvalue weighted by Gasteiger charge is -2.27. The van der Waals surface area contributed by atoms with Crippen molar-refractivity contribution in [3.05, 3.63) is 193 Å². The Balaban J connectivity index is 1.10. The van der Waals surface area contributed by atoms with Gasteiger partial charge in [-0.2, -0.15) is 0 Å². The average molecular weight is 698 g/mol. The minimum atomic E-state index is -0.0399. The Hall–Kier alpha value is -6.45. The molecule has 3 heteroatoms. The van der Waals surface area contributed by atoms with Crippen molar-refractivity contribution in [3.8, 4) is 27.9 Å². The summed E-state index contributed by atoms with van der Waals surface area (Å²) in [6, 6.07) is 55.2. The number of para-hydroxylation sites is 1. The van der Waals surface area contributed by atoms with Gasteiger partial charge in [-0.3, -0.25) is 4.98 Å². The number of anilines is 3. The van der Waals surface area contributed by atoms with Crippen LogP contribution in [0.1, 0.15) is 45.2 Å². The summed E-state index contributed by atoms with van der Waals surface area (Å²) in [4.78, 5) is 6.81. The summed E-state index contributed by atoms with van der Waals surface area (Å²) in [6.45, 7) is 9.10. The molecule has 262 valence electrons. The first-order valence-electron chi connectivity index (χ1n) is 19.0. The van der Waals surface area contributed by atoms with Crippen LogP contribution in [0.5, 0.6) is 0 Å². The van der Waals surface area contributed by atoms with Crippen LogP contribution in [0, 0.1) is 0 Å². The Kier molecular flexibility index (Phi) is 8.35. The van der Waals surface area contributed by atoms with E-state index >= 15 is 0 Å². The Morgan fingerprint density at radius 3 is 1.83 bits per heavy atom. The molecule has 2 heterocycles. The molecule has 0 amide bonds. The second kappa shape index (κ2) is 13.5. The van der Waals surface area contributed by atoms with Gasteiger partial charge in [-0.25, -0.2) is 0 Å². The number of fused-ring (bicyclic) bond motifs is 4. The molecule has 0 bridgehead atoms. The lowest BCUT2D eigenvalue weighted by Crippen LogP contribution is -2.15. The molecule has 0 N–H and O–H groups in total. The number of hydrogen-bond donors (Lipinski definition) is 0. The molecule has 54 heavy (non-hydrogen) atoms. The van der Waals surface area contributed by atoms with E-state index in [1.807, 2.05) is 12.4 Å². The molecule has 1 aliphatic rings. The quantitative estimate of drug-likeness (QED) is 0.165. The molecule has 0 saturated heterocycles. The Bertz CT molecular complexity index is 2640. The number of aromatic nitrogens is 2. The minimum Gasteiger partial charge on any atom is -0.310 e. The molecule has 6 aromatic carbocycles. The number of benzene rings is 6. The normalized spacial score (nSPS) is 15.0. The number of allylic oxidation sites excluding steroid dienone is 4. The molecule has 0 radical (unpaired) electrons. The maximum atomic E-state index is 4.41. The van der Waals surface area contributed by atoms with E-state index in [4.69, 9.17) is 0 Å². The molecule has 8 aromatic rings. The minimum absolute atomic E-state index is 0.0399. The van der Waals surface area contributed by atoms with E-state index < -0.39 is 0 Å². The molecule has 1 aliphatic carbocycles. The van der Waals surface area contributed by atoms with Crippen LogP contribution in [0.4, 0.5) is 17.1 Å². The van der Waals surface area contributed by atoms with Crippen molar-refractivity contribution in [2.75, 3.05) is 4.90 Å². The van der Waals surface area contributed by atoms with Crippen LogP contribution < -0.4 is 4.90 Å². The molecule has 3 nitrogen and oxygen atoms in total. The predicted molar refractivity (Wildman–Crippen MR) is 229 cm³/mol. The van der Waals surface area contributed by atoms with E-state index in [0.717, 1.165) is 34.7 Å². The highest BCUT2D eigenvalue weighted by Gasteiger charge is 2.37. The second-order valence-corrected chi connectivity index (χ2v) is 14.7. The highest BCUT2D eigenvalue weighted by molar-refractivity contribution is 6.08. The van der Waals surface area contributed by atoms with Gasteiger partial charge in [0.2, 0.25) is 0 Å². The molecule has 9 rings (SSSR count). The summed E-state index contributed by atoms with van der Waals surface area (Å²) < 4.78 is 2.33. The van der Waals surface area contributed by atoms with Crippen LogP contribution in [0.3, 0.4) is 0 Å². The predicted octanol–water partition coefficient (Wildman–Crippen LogP) is 14.0. The van der Waals surface area contributed by atoms with Crippen LogP contribution >= 0.6 is 0 Å². The van der Waals surface area contributed by atoms with Crippen LogP contribution in [-0.4, -0.2) is 9.55 Å². The van der Waals surface area contributed by atoms with Gasteiger partial charge in [-0.05, 0) is 119 Å². The fraction of sp³-hybridized carbons (Fsp3) is 0.118. The van der Waals surface area contributed by atoms with Crippen molar-refractivity contribution in [1.82, 2.24) is 9.55 Å².